The summed E-state index contributed by atoms with van der Waals surface area (Å²) in [7, 11) is 2.11. The number of carboxylic acids is 1. The number of nitrogens with zero attached hydrogens (tertiary/aromatic N) is 3. The first kappa shape index (κ1) is 12.3. The van der Waals surface area contributed by atoms with Crippen LogP contribution >= 0.6 is 11.3 Å². The fraction of sp³-hybridized carbons (Fsp3) is 0.636. The standard InChI is InChI=1S/C11H17N3O2S/c1-8-9(7-10(15)16)17-11(12-8)14-5-3-13(2)4-6-14/h3-7H2,1-2H3,(H,15,16). The molecule has 2 rings (SSSR count). The number of carboxylic acid groups (broad SMARTS) is 1. The molecule has 94 valence electrons. The first-order chi connectivity index (χ1) is 8.06. The van der Waals surface area contributed by atoms with Gasteiger partial charge in [0, 0.05) is 31.1 Å². The van der Waals surface area contributed by atoms with E-state index in [1.807, 2.05) is 6.92 Å². The van der Waals surface area contributed by atoms with Crippen LogP contribution in [-0.4, -0.2) is 54.2 Å². The molecule has 1 aliphatic heterocycles. The number of hydrogen-bond acceptors (Lipinski definition) is 5. The normalized spacial score (nSPS) is 17.4. The molecule has 0 atom stereocenters. The van der Waals surface area contributed by atoms with Crippen LogP contribution in [0.4, 0.5) is 5.13 Å². The van der Waals surface area contributed by atoms with Crippen molar-refractivity contribution in [1.82, 2.24) is 9.88 Å². The van der Waals surface area contributed by atoms with E-state index in [9.17, 15) is 4.79 Å². The SMILES string of the molecule is Cc1nc(N2CCN(C)CC2)sc1CC(=O)O. The van der Waals surface area contributed by atoms with Gasteiger partial charge in [-0.3, -0.25) is 4.79 Å². The van der Waals surface area contributed by atoms with Crippen LogP contribution in [0, 0.1) is 6.92 Å². The molecule has 0 amide bonds. The summed E-state index contributed by atoms with van der Waals surface area (Å²) >= 11 is 1.51. The Morgan fingerprint density at radius 1 is 1.41 bits per heavy atom. The molecule has 17 heavy (non-hydrogen) atoms. The van der Waals surface area contributed by atoms with Crippen LogP contribution < -0.4 is 4.90 Å². The van der Waals surface area contributed by atoms with Gasteiger partial charge in [0.2, 0.25) is 0 Å². The van der Waals surface area contributed by atoms with E-state index in [2.05, 4.69) is 21.8 Å². The summed E-state index contributed by atoms with van der Waals surface area (Å²) in [6, 6.07) is 0. The molecule has 2 heterocycles. The number of aliphatic carboxylic acids is 1. The Labute approximate surface area is 105 Å². The molecule has 1 aromatic rings. The maximum Gasteiger partial charge on any atom is 0.308 e. The van der Waals surface area contributed by atoms with E-state index in [1.54, 1.807) is 0 Å². The van der Waals surface area contributed by atoms with Crippen molar-refractivity contribution >= 4 is 22.4 Å². The first-order valence-corrected chi connectivity index (χ1v) is 6.49. The molecule has 5 nitrogen and oxygen atoms in total. The summed E-state index contributed by atoms with van der Waals surface area (Å²) in [5.41, 5.74) is 0.853. The van der Waals surface area contributed by atoms with Crippen molar-refractivity contribution < 1.29 is 9.90 Å². The lowest BCUT2D eigenvalue weighted by atomic mass is 10.3. The Morgan fingerprint density at radius 3 is 2.65 bits per heavy atom. The number of thiazole rings is 1. The molecule has 0 bridgehead atoms. The molecule has 1 saturated heterocycles. The molecular weight excluding hydrogens is 238 g/mol. The number of aryl methyl sites for hydroxylation is 1. The van der Waals surface area contributed by atoms with Crippen LogP contribution in [0.5, 0.6) is 0 Å². The number of rotatable bonds is 3. The predicted octanol–water partition coefficient (Wildman–Crippen LogP) is 0.830. The van der Waals surface area contributed by atoms with Crippen LogP contribution in [0.2, 0.25) is 0 Å². The highest BCUT2D eigenvalue weighted by molar-refractivity contribution is 7.15. The van der Waals surface area contributed by atoms with E-state index in [0.29, 0.717) is 0 Å². The van der Waals surface area contributed by atoms with Gasteiger partial charge in [-0.25, -0.2) is 4.98 Å². The summed E-state index contributed by atoms with van der Waals surface area (Å²) in [6.07, 6.45) is 0.0806. The van der Waals surface area contributed by atoms with E-state index in [1.165, 1.54) is 11.3 Å². The van der Waals surface area contributed by atoms with Crippen LogP contribution in [0.25, 0.3) is 0 Å². The predicted molar refractivity (Wildman–Crippen MR) is 67.9 cm³/mol. The van der Waals surface area contributed by atoms with Gasteiger partial charge in [0.25, 0.3) is 0 Å². The van der Waals surface area contributed by atoms with Crippen molar-refractivity contribution in [3.8, 4) is 0 Å². The van der Waals surface area contributed by atoms with Crippen LogP contribution in [0.15, 0.2) is 0 Å². The Bertz CT molecular complexity index is 411. The van der Waals surface area contributed by atoms with Crippen LogP contribution in [0.3, 0.4) is 0 Å². The van der Waals surface area contributed by atoms with Crippen molar-refractivity contribution in [2.24, 2.45) is 0 Å². The molecule has 0 saturated carbocycles. The van der Waals surface area contributed by atoms with Crippen molar-refractivity contribution in [2.75, 3.05) is 38.1 Å². The zero-order valence-electron chi connectivity index (χ0n) is 10.1. The number of anilines is 1. The monoisotopic (exact) mass is 255 g/mol. The topological polar surface area (TPSA) is 56.7 Å². The molecule has 0 unspecified atom stereocenters. The Kier molecular flexibility index (Phi) is 3.63. The number of aromatic nitrogens is 1. The van der Waals surface area contributed by atoms with Crippen molar-refractivity contribution in [2.45, 2.75) is 13.3 Å². The maximum atomic E-state index is 10.7. The van der Waals surface area contributed by atoms with Gasteiger partial charge in [0.05, 0.1) is 12.1 Å². The second-order valence-electron chi connectivity index (χ2n) is 4.37. The largest absolute Gasteiger partial charge is 0.481 e. The summed E-state index contributed by atoms with van der Waals surface area (Å²) in [5, 5.41) is 9.77. The number of hydrogen-bond donors (Lipinski definition) is 1. The summed E-state index contributed by atoms with van der Waals surface area (Å²) in [5.74, 6) is -0.790. The Balaban J connectivity index is 2.09. The third-order valence-corrected chi connectivity index (χ3v) is 4.19. The first-order valence-electron chi connectivity index (χ1n) is 5.68. The minimum atomic E-state index is -0.790. The Morgan fingerprint density at radius 2 is 2.06 bits per heavy atom. The average molecular weight is 255 g/mol. The lowest BCUT2D eigenvalue weighted by Crippen LogP contribution is -2.44. The highest BCUT2D eigenvalue weighted by Gasteiger charge is 2.19. The van der Waals surface area contributed by atoms with Crippen molar-refractivity contribution in [3.63, 3.8) is 0 Å². The second kappa shape index (κ2) is 5.01. The van der Waals surface area contributed by atoms with Gasteiger partial charge < -0.3 is 14.9 Å². The molecule has 1 aromatic heterocycles. The Hall–Kier alpha value is -1.14. The molecule has 1 aliphatic rings. The average Bonchev–Trinajstić information content (AvgIpc) is 2.60. The van der Waals surface area contributed by atoms with Gasteiger partial charge >= 0.3 is 5.97 Å². The molecule has 0 aliphatic carbocycles. The molecular formula is C11H17N3O2S. The van der Waals surface area contributed by atoms with Gasteiger partial charge in [-0.1, -0.05) is 0 Å². The molecule has 0 radical (unpaired) electrons. The highest BCUT2D eigenvalue weighted by Crippen LogP contribution is 2.27. The van der Waals surface area contributed by atoms with E-state index in [-0.39, 0.29) is 6.42 Å². The van der Waals surface area contributed by atoms with E-state index in [4.69, 9.17) is 5.11 Å². The molecule has 0 aromatic carbocycles. The van der Waals surface area contributed by atoms with Crippen molar-refractivity contribution in [3.05, 3.63) is 10.6 Å². The van der Waals surface area contributed by atoms with Crippen molar-refractivity contribution in [1.29, 1.82) is 0 Å². The third kappa shape index (κ3) is 2.95. The zero-order chi connectivity index (χ0) is 12.4. The number of likely N-dealkylation sites (N-methyl/N-ethyl adjacent to an activating group) is 1. The van der Waals surface area contributed by atoms with Crippen LogP contribution in [0.1, 0.15) is 10.6 Å². The lowest BCUT2D eigenvalue weighted by Gasteiger charge is -2.32. The van der Waals surface area contributed by atoms with E-state index in [0.717, 1.165) is 41.9 Å². The zero-order valence-corrected chi connectivity index (χ0v) is 11.0. The number of piperazine rings is 1. The minimum absolute atomic E-state index is 0.0806. The molecule has 1 fully saturated rings. The maximum absolute atomic E-state index is 10.7. The fourth-order valence-corrected chi connectivity index (χ4v) is 2.95. The highest BCUT2D eigenvalue weighted by atomic mass is 32.1. The third-order valence-electron chi connectivity index (χ3n) is 2.97. The second-order valence-corrected chi connectivity index (χ2v) is 5.43. The molecule has 0 spiro atoms. The van der Waals surface area contributed by atoms with Gasteiger partial charge in [0.1, 0.15) is 0 Å². The summed E-state index contributed by atoms with van der Waals surface area (Å²) in [6.45, 7) is 5.89. The van der Waals surface area contributed by atoms with Gasteiger partial charge in [-0.05, 0) is 14.0 Å². The summed E-state index contributed by atoms with van der Waals surface area (Å²) < 4.78 is 0. The van der Waals surface area contributed by atoms with Gasteiger partial charge in [-0.15, -0.1) is 11.3 Å². The lowest BCUT2D eigenvalue weighted by molar-refractivity contribution is -0.136. The van der Waals surface area contributed by atoms with E-state index >= 15 is 0 Å². The molecule has 6 heteroatoms. The minimum Gasteiger partial charge on any atom is -0.481 e. The molecule has 1 N–H and O–H groups in total. The summed E-state index contributed by atoms with van der Waals surface area (Å²) in [4.78, 5) is 20.6. The number of carbonyl (C=O) groups is 1. The van der Waals surface area contributed by atoms with Gasteiger partial charge in [0.15, 0.2) is 5.13 Å². The van der Waals surface area contributed by atoms with Crippen LogP contribution in [-0.2, 0) is 11.2 Å². The van der Waals surface area contributed by atoms with E-state index < -0.39 is 5.97 Å². The fourth-order valence-electron chi connectivity index (χ4n) is 1.85. The van der Waals surface area contributed by atoms with Gasteiger partial charge in [-0.2, -0.15) is 0 Å². The smallest absolute Gasteiger partial charge is 0.308 e. The quantitative estimate of drug-likeness (QED) is 0.867.